The fourth-order valence-electron chi connectivity index (χ4n) is 2.77. The number of thioether (sulfide) groups is 1. The summed E-state index contributed by atoms with van der Waals surface area (Å²) in [4.78, 5) is 0. The van der Waals surface area contributed by atoms with Crippen LogP contribution in [0.3, 0.4) is 0 Å². The summed E-state index contributed by atoms with van der Waals surface area (Å²) in [6.07, 6.45) is 5.42. The molecule has 15 heavy (non-hydrogen) atoms. The summed E-state index contributed by atoms with van der Waals surface area (Å²) in [5.41, 5.74) is 0. The fourth-order valence-corrected chi connectivity index (χ4v) is 4.27. The van der Waals surface area contributed by atoms with Gasteiger partial charge in [-0.3, -0.25) is 0 Å². The van der Waals surface area contributed by atoms with Crippen LogP contribution in [0, 0.1) is 5.92 Å². The minimum Gasteiger partial charge on any atom is -0.381 e. The molecule has 1 N–H and O–H groups in total. The molecule has 0 radical (unpaired) electrons. The standard InChI is InChI=1S/C12H23NOS/c1-2-13-12(11-6-4-8-15-11)10-5-3-7-14-9-10/h10-13H,2-9H2,1H3. The lowest BCUT2D eigenvalue weighted by Gasteiger charge is -2.34. The van der Waals surface area contributed by atoms with E-state index < -0.39 is 0 Å². The van der Waals surface area contributed by atoms with Crippen LogP contribution in [0.5, 0.6) is 0 Å². The quantitative estimate of drug-likeness (QED) is 0.799. The van der Waals surface area contributed by atoms with Crippen LogP contribution in [0.4, 0.5) is 0 Å². The lowest BCUT2D eigenvalue weighted by molar-refractivity contribution is 0.0391. The van der Waals surface area contributed by atoms with Crippen LogP contribution in [0.15, 0.2) is 0 Å². The summed E-state index contributed by atoms with van der Waals surface area (Å²) < 4.78 is 5.62. The Hall–Kier alpha value is 0.270. The molecule has 3 unspecified atom stereocenters. The Morgan fingerprint density at radius 2 is 2.33 bits per heavy atom. The van der Waals surface area contributed by atoms with Gasteiger partial charge in [0.1, 0.15) is 0 Å². The van der Waals surface area contributed by atoms with Crippen LogP contribution in [0.2, 0.25) is 0 Å². The molecule has 2 nitrogen and oxygen atoms in total. The van der Waals surface area contributed by atoms with E-state index in [1.54, 1.807) is 0 Å². The average molecular weight is 229 g/mol. The lowest BCUT2D eigenvalue weighted by atomic mass is 9.90. The molecule has 0 saturated carbocycles. The van der Waals surface area contributed by atoms with E-state index in [1.165, 1.54) is 31.4 Å². The summed E-state index contributed by atoms with van der Waals surface area (Å²) in [5, 5.41) is 4.54. The van der Waals surface area contributed by atoms with Crippen LogP contribution < -0.4 is 5.32 Å². The maximum absolute atomic E-state index is 5.62. The zero-order chi connectivity index (χ0) is 10.5. The van der Waals surface area contributed by atoms with Crippen molar-refractivity contribution < 1.29 is 4.74 Å². The van der Waals surface area contributed by atoms with E-state index in [9.17, 15) is 0 Å². The second-order valence-electron chi connectivity index (χ2n) is 4.61. The maximum atomic E-state index is 5.62. The minimum absolute atomic E-state index is 0.697. The van der Waals surface area contributed by atoms with Crippen LogP contribution in [0.1, 0.15) is 32.6 Å². The molecular weight excluding hydrogens is 206 g/mol. The van der Waals surface area contributed by atoms with Gasteiger partial charge in [-0.15, -0.1) is 0 Å². The van der Waals surface area contributed by atoms with Gasteiger partial charge < -0.3 is 10.1 Å². The normalized spacial score (nSPS) is 34.2. The highest BCUT2D eigenvalue weighted by Crippen LogP contribution is 2.33. The second-order valence-corrected chi connectivity index (χ2v) is 5.96. The van der Waals surface area contributed by atoms with Gasteiger partial charge >= 0.3 is 0 Å². The monoisotopic (exact) mass is 229 g/mol. The Morgan fingerprint density at radius 1 is 1.40 bits per heavy atom. The Labute approximate surface area is 97.5 Å². The third-order valence-corrected chi connectivity index (χ3v) is 4.99. The van der Waals surface area contributed by atoms with Crippen molar-refractivity contribution in [2.75, 3.05) is 25.5 Å². The summed E-state index contributed by atoms with van der Waals surface area (Å²) in [6.45, 7) is 5.27. The van der Waals surface area contributed by atoms with Gasteiger partial charge in [0.25, 0.3) is 0 Å². The SMILES string of the molecule is CCNC(C1CCCOC1)C1CCCS1. The van der Waals surface area contributed by atoms with Crippen molar-refractivity contribution in [1.82, 2.24) is 5.32 Å². The van der Waals surface area contributed by atoms with E-state index in [-0.39, 0.29) is 0 Å². The second kappa shape index (κ2) is 6.12. The molecule has 2 heterocycles. The van der Waals surface area contributed by atoms with Crippen molar-refractivity contribution in [2.45, 2.75) is 43.9 Å². The minimum atomic E-state index is 0.697. The predicted molar refractivity (Wildman–Crippen MR) is 66.5 cm³/mol. The Balaban J connectivity index is 1.90. The van der Waals surface area contributed by atoms with Crippen LogP contribution in [-0.4, -0.2) is 36.8 Å². The topological polar surface area (TPSA) is 21.3 Å². The first-order valence-electron chi connectivity index (χ1n) is 6.34. The third-order valence-electron chi connectivity index (χ3n) is 3.51. The van der Waals surface area contributed by atoms with Crippen molar-refractivity contribution in [2.24, 2.45) is 5.92 Å². The average Bonchev–Trinajstić information content (AvgIpc) is 2.80. The van der Waals surface area contributed by atoms with Crippen LogP contribution >= 0.6 is 11.8 Å². The smallest absolute Gasteiger partial charge is 0.0509 e. The molecule has 0 aromatic carbocycles. The van der Waals surface area contributed by atoms with Gasteiger partial charge in [-0.25, -0.2) is 0 Å². The van der Waals surface area contributed by atoms with Gasteiger partial charge in [0.15, 0.2) is 0 Å². The number of hydrogen-bond acceptors (Lipinski definition) is 3. The van der Waals surface area contributed by atoms with E-state index >= 15 is 0 Å². The Bertz CT molecular complexity index is 176. The highest BCUT2D eigenvalue weighted by atomic mass is 32.2. The molecule has 0 aromatic heterocycles. The Kier molecular flexibility index (Phi) is 4.79. The van der Waals surface area contributed by atoms with E-state index in [0.717, 1.165) is 30.9 Å². The zero-order valence-electron chi connectivity index (χ0n) is 9.71. The Morgan fingerprint density at radius 3 is 2.93 bits per heavy atom. The molecule has 2 rings (SSSR count). The molecule has 3 atom stereocenters. The molecular formula is C12H23NOS. The van der Waals surface area contributed by atoms with Gasteiger partial charge in [0.05, 0.1) is 6.61 Å². The van der Waals surface area contributed by atoms with Crippen molar-refractivity contribution in [3.8, 4) is 0 Å². The predicted octanol–water partition coefficient (Wildman–Crippen LogP) is 2.29. The van der Waals surface area contributed by atoms with Gasteiger partial charge in [-0.1, -0.05) is 6.92 Å². The number of hydrogen-bond donors (Lipinski definition) is 1. The molecule has 2 saturated heterocycles. The largest absolute Gasteiger partial charge is 0.381 e. The number of nitrogens with one attached hydrogen (secondary N) is 1. The third kappa shape index (κ3) is 3.11. The van der Waals surface area contributed by atoms with Crippen molar-refractivity contribution in [3.05, 3.63) is 0 Å². The van der Waals surface area contributed by atoms with Gasteiger partial charge in [-0.2, -0.15) is 11.8 Å². The van der Waals surface area contributed by atoms with Crippen LogP contribution in [0.25, 0.3) is 0 Å². The first-order valence-corrected chi connectivity index (χ1v) is 7.39. The zero-order valence-corrected chi connectivity index (χ0v) is 10.5. The molecule has 0 aromatic rings. The van der Waals surface area contributed by atoms with E-state index in [2.05, 4.69) is 24.0 Å². The molecule has 2 aliphatic rings. The van der Waals surface area contributed by atoms with Gasteiger partial charge in [0.2, 0.25) is 0 Å². The number of ether oxygens (including phenoxy) is 1. The molecule has 0 amide bonds. The van der Waals surface area contributed by atoms with E-state index in [0.29, 0.717) is 6.04 Å². The molecule has 2 aliphatic heterocycles. The fraction of sp³-hybridized carbons (Fsp3) is 1.00. The summed E-state index contributed by atoms with van der Waals surface area (Å²) in [5.74, 6) is 2.12. The van der Waals surface area contributed by atoms with Crippen molar-refractivity contribution >= 4 is 11.8 Å². The highest BCUT2D eigenvalue weighted by Gasteiger charge is 2.32. The van der Waals surface area contributed by atoms with E-state index in [1.807, 2.05) is 0 Å². The molecule has 0 bridgehead atoms. The van der Waals surface area contributed by atoms with Gasteiger partial charge in [0, 0.05) is 17.9 Å². The van der Waals surface area contributed by atoms with Crippen molar-refractivity contribution in [3.63, 3.8) is 0 Å². The van der Waals surface area contributed by atoms with Gasteiger partial charge in [-0.05, 0) is 43.9 Å². The lowest BCUT2D eigenvalue weighted by Crippen LogP contribution is -2.46. The molecule has 3 heteroatoms. The molecule has 0 aliphatic carbocycles. The molecule has 88 valence electrons. The molecule has 2 fully saturated rings. The van der Waals surface area contributed by atoms with Crippen LogP contribution in [-0.2, 0) is 4.74 Å². The van der Waals surface area contributed by atoms with E-state index in [4.69, 9.17) is 4.74 Å². The summed E-state index contributed by atoms with van der Waals surface area (Å²) in [7, 11) is 0. The van der Waals surface area contributed by atoms with Crippen molar-refractivity contribution in [1.29, 1.82) is 0 Å². The maximum Gasteiger partial charge on any atom is 0.0509 e. The highest BCUT2D eigenvalue weighted by molar-refractivity contribution is 8.00. The summed E-state index contributed by atoms with van der Waals surface area (Å²) in [6, 6.07) is 0.697. The summed E-state index contributed by atoms with van der Waals surface area (Å²) >= 11 is 2.17. The molecule has 0 spiro atoms. The number of rotatable bonds is 4. The first-order chi connectivity index (χ1) is 7.42. The first kappa shape index (κ1) is 11.7.